The number of hydrogen-bond donors (Lipinski definition) is 1. The van der Waals surface area contributed by atoms with Gasteiger partial charge >= 0.3 is 0 Å². The monoisotopic (exact) mass is 208 g/mol. The summed E-state index contributed by atoms with van der Waals surface area (Å²) in [7, 11) is 0. The largest absolute Gasteiger partial charge is 0.351 e. The van der Waals surface area contributed by atoms with Crippen molar-refractivity contribution < 1.29 is 0 Å². The third-order valence-electron chi connectivity index (χ3n) is 2.76. The molecule has 0 bridgehead atoms. The number of aromatic nitrogens is 1. The maximum Gasteiger partial charge on any atom is 0.0299 e. The van der Waals surface area contributed by atoms with Gasteiger partial charge in [0.15, 0.2) is 0 Å². The van der Waals surface area contributed by atoms with Crippen molar-refractivity contribution in [3.63, 3.8) is 0 Å². The predicted molar refractivity (Wildman–Crippen MR) is 66.0 cm³/mol. The predicted octanol–water partition coefficient (Wildman–Crippen LogP) is 3.20. The molecule has 0 amide bonds. The maximum absolute atomic E-state index is 3.46. The molecule has 1 heterocycles. The van der Waals surface area contributed by atoms with E-state index in [1.165, 1.54) is 12.0 Å². The summed E-state index contributed by atoms with van der Waals surface area (Å²) >= 11 is 0. The van der Waals surface area contributed by atoms with Crippen LogP contribution in [0.4, 0.5) is 0 Å². The molecule has 2 heteroatoms. The van der Waals surface area contributed by atoms with Crippen LogP contribution in [0.15, 0.2) is 18.5 Å². The number of nitrogens with zero attached hydrogens (tertiary/aromatic N) is 1. The average molecular weight is 208 g/mol. The summed E-state index contributed by atoms with van der Waals surface area (Å²) in [6, 6.07) is 2.82. The van der Waals surface area contributed by atoms with Gasteiger partial charge in [-0.3, -0.25) is 0 Å². The first-order valence-corrected chi connectivity index (χ1v) is 6.00. The Morgan fingerprint density at radius 2 is 2.07 bits per heavy atom. The van der Waals surface area contributed by atoms with Crippen LogP contribution in [0.2, 0.25) is 0 Å². The van der Waals surface area contributed by atoms with Gasteiger partial charge in [0.2, 0.25) is 0 Å². The van der Waals surface area contributed by atoms with Crippen LogP contribution in [-0.2, 0) is 6.54 Å². The van der Waals surface area contributed by atoms with E-state index in [0.717, 1.165) is 19.0 Å². The summed E-state index contributed by atoms with van der Waals surface area (Å²) in [5, 5.41) is 3.46. The Morgan fingerprint density at radius 1 is 1.33 bits per heavy atom. The van der Waals surface area contributed by atoms with Gasteiger partial charge in [-0.05, 0) is 37.4 Å². The highest BCUT2D eigenvalue weighted by molar-refractivity contribution is 5.10. The summed E-state index contributed by atoms with van der Waals surface area (Å²) in [6.07, 6.45) is 5.62. The minimum Gasteiger partial charge on any atom is -0.351 e. The molecule has 1 atom stereocenters. The van der Waals surface area contributed by atoms with E-state index >= 15 is 0 Å². The third-order valence-corrected chi connectivity index (χ3v) is 2.76. The Labute approximate surface area is 93.7 Å². The van der Waals surface area contributed by atoms with Crippen molar-refractivity contribution in [2.75, 3.05) is 6.54 Å². The molecule has 0 aliphatic heterocycles. The van der Waals surface area contributed by atoms with Gasteiger partial charge in [0.1, 0.15) is 0 Å². The number of rotatable bonds is 6. The molecule has 15 heavy (non-hydrogen) atoms. The normalized spacial score (nSPS) is 13.4. The lowest BCUT2D eigenvalue weighted by molar-refractivity contribution is 0.528. The van der Waals surface area contributed by atoms with Crippen LogP contribution in [0.1, 0.15) is 45.7 Å². The van der Waals surface area contributed by atoms with E-state index in [0.29, 0.717) is 6.04 Å². The zero-order valence-electron chi connectivity index (χ0n) is 10.5. The summed E-state index contributed by atoms with van der Waals surface area (Å²) in [5.74, 6) is 0.724. The Bertz CT molecular complexity index is 276. The number of hydrogen-bond acceptors (Lipinski definition) is 1. The molecule has 0 radical (unpaired) electrons. The molecule has 86 valence electrons. The van der Waals surface area contributed by atoms with Crippen LogP contribution in [0.25, 0.3) is 0 Å². The average Bonchev–Trinajstić information content (AvgIpc) is 2.65. The summed E-state index contributed by atoms with van der Waals surface area (Å²) in [4.78, 5) is 0. The van der Waals surface area contributed by atoms with E-state index in [2.05, 4.69) is 56.0 Å². The van der Waals surface area contributed by atoms with Gasteiger partial charge in [-0.2, -0.15) is 0 Å². The molecule has 2 nitrogen and oxygen atoms in total. The molecule has 1 aromatic rings. The zero-order valence-corrected chi connectivity index (χ0v) is 10.5. The fourth-order valence-electron chi connectivity index (χ4n) is 1.55. The maximum atomic E-state index is 3.46. The molecule has 0 spiro atoms. The van der Waals surface area contributed by atoms with E-state index in [-0.39, 0.29) is 0 Å². The quantitative estimate of drug-likeness (QED) is 0.759. The topological polar surface area (TPSA) is 17.0 Å². The standard InChI is InChI=1S/C13H24N2/c1-5-12(4)15-7-6-13(10-15)9-14-8-11(2)3/h6-7,10-12,14H,5,8-9H2,1-4H3. The van der Waals surface area contributed by atoms with Crippen LogP contribution in [-0.4, -0.2) is 11.1 Å². The minimum absolute atomic E-state index is 0.615. The molecule has 1 rings (SSSR count). The van der Waals surface area contributed by atoms with Crippen molar-refractivity contribution in [2.24, 2.45) is 5.92 Å². The van der Waals surface area contributed by atoms with Crippen molar-refractivity contribution in [3.05, 3.63) is 24.0 Å². The summed E-state index contributed by atoms with van der Waals surface area (Å²) < 4.78 is 2.30. The lowest BCUT2D eigenvalue weighted by Gasteiger charge is -2.10. The first-order chi connectivity index (χ1) is 7.13. The molecular weight excluding hydrogens is 184 g/mol. The van der Waals surface area contributed by atoms with Crippen LogP contribution < -0.4 is 5.32 Å². The van der Waals surface area contributed by atoms with Crippen LogP contribution in [0.3, 0.4) is 0 Å². The van der Waals surface area contributed by atoms with Gasteiger partial charge in [-0.1, -0.05) is 20.8 Å². The molecule has 0 saturated heterocycles. The smallest absolute Gasteiger partial charge is 0.0299 e. The summed E-state index contributed by atoms with van der Waals surface area (Å²) in [6.45, 7) is 11.0. The van der Waals surface area contributed by atoms with Crippen molar-refractivity contribution >= 4 is 0 Å². The number of nitrogens with one attached hydrogen (secondary N) is 1. The molecule has 0 aromatic carbocycles. The Balaban J connectivity index is 2.39. The molecule has 1 aromatic heterocycles. The highest BCUT2D eigenvalue weighted by atomic mass is 15.0. The van der Waals surface area contributed by atoms with Gasteiger partial charge < -0.3 is 9.88 Å². The fourth-order valence-corrected chi connectivity index (χ4v) is 1.55. The molecule has 0 saturated carbocycles. The second kappa shape index (κ2) is 5.96. The SMILES string of the molecule is CCC(C)n1ccc(CNCC(C)C)c1. The van der Waals surface area contributed by atoms with Gasteiger partial charge in [0, 0.05) is 25.0 Å². The lowest BCUT2D eigenvalue weighted by atomic mass is 10.2. The molecule has 1 N–H and O–H groups in total. The first-order valence-electron chi connectivity index (χ1n) is 6.00. The Morgan fingerprint density at radius 3 is 2.67 bits per heavy atom. The van der Waals surface area contributed by atoms with Gasteiger partial charge in [-0.25, -0.2) is 0 Å². The highest BCUT2D eigenvalue weighted by Gasteiger charge is 2.02. The fraction of sp³-hybridized carbons (Fsp3) is 0.692. The second-order valence-electron chi connectivity index (χ2n) is 4.75. The van der Waals surface area contributed by atoms with Crippen molar-refractivity contribution in [1.29, 1.82) is 0 Å². The van der Waals surface area contributed by atoms with Gasteiger partial charge in [0.25, 0.3) is 0 Å². The Hall–Kier alpha value is -0.760. The van der Waals surface area contributed by atoms with Crippen LogP contribution in [0, 0.1) is 5.92 Å². The van der Waals surface area contributed by atoms with E-state index in [9.17, 15) is 0 Å². The van der Waals surface area contributed by atoms with Crippen molar-refractivity contribution in [3.8, 4) is 0 Å². The van der Waals surface area contributed by atoms with E-state index in [1.807, 2.05) is 0 Å². The van der Waals surface area contributed by atoms with Crippen molar-refractivity contribution in [2.45, 2.75) is 46.7 Å². The highest BCUT2D eigenvalue weighted by Crippen LogP contribution is 2.12. The molecule has 0 aliphatic rings. The van der Waals surface area contributed by atoms with Crippen LogP contribution in [0.5, 0.6) is 0 Å². The van der Waals surface area contributed by atoms with E-state index < -0.39 is 0 Å². The van der Waals surface area contributed by atoms with E-state index in [4.69, 9.17) is 0 Å². The van der Waals surface area contributed by atoms with Crippen molar-refractivity contribution in [1.82, 2.24) is 9.88 Å². The summed E-state index contributed by atoms with van der Waals surface area (Å²) in [5.41, 5.74) is 1.39. The Kier molecular flexibility index (Phi) is 4.89. The molecule has 1 unspecified atom stereocenters. The first kappa shape index (κ1) is 12.3. The van der Waals surface area contributed by atoms with Gasteiger partial charge in [-0.15, -0.1) is 0 Å². The third kappa shape index (κ3) is 4.08. The molecule has 0 aliphatic carbocycles. The molecular formula is C13H24N2. The lowest BCUT2D eigenvalue weighted by Crippen LogP contribution is -2.18. The minimum atomic E-state index is 0.615. The van der Waals surface area contributed by atoms with E-state index in [1.54, 1.807) is 0 Å². The second-order valence-corrected chi connectivity index (χ2v) is 4.75. The zero-order chi connectivity index (χ0) is 11.3. The van der Waals surface area contributed by atoms with Gasteiger partial charge in [0.05, 0.1) is 0 Å². The van der Waals surface area contributed by atoms with Crippen LogP contribution >= 0.6 is 0 Å². The molecule has 0 fully saturated rings.